The van der Waals surface area contributed by atoms with Gasteiger partial charge >= 0.3 is 0 Å². The fourth-order valence-corrected chi connectivity index (χ4v) is 5.40. The van der Waals surface area contributed by atoms with Crippen LogP contribution in [0.3, 0.4) is 0 Å². The summed E-state index contributed by atoms with van der Waals surface area (Å²) in [6.07, 6.45) is 6.54. The molecule has 1 N–H and O–H groups in total. The first kappa shape index (κ1) is 21.7. The van der Waals surface area contributed by atoms with Crippen LogP contribution in [0.2, 0.25) is 0 Å². The van der Waals surface area contributed by atoms with E-state index in [0.717, 1.165) is 60.3 Å². The van der Waals surface area contributed by atoms with E-state index in [0.29, 0.717) is 18.9 Å². The van der Waals surface area contributed by atoms with Crippen molar-refractivity contribution in [3.8, 4) is 11.5 Å². The second kappa shape index (κ2) is 9.00. The Morgan fingerprint density at radius 1 is 1.12 bits per heavy atom. The largest absolute Gasteiger partial charge is 0.493 e. The second-order valence-corrected chi connectivity index (χ2v) is 9.55. The van der Waals surface area contributed by atoms with Gasteiger partial charge in [-0.2, -0.15) is 0 Å². The summed E-state index contributed by atoms with van der Waals surface area (Å²) in [6.45, 7) is 4.67. The van der Waals surface area contributed by atoms with E-state index in [-0.39, 0.29) is 18.8 Å². The average molecular weight is 446 g/mol. The zero-order chi connectivity index (χ0) is 22.1. The minimum absolute atomic E-state index is 0.0189. The Bertz CT molecular complexity index is 968. The number of pyridine rings is 1. The summed E-state index contributed by atoms with van der Waals surface area (Å²) in [5, 5.41) is 4.49. The summed E-state index contributed by atoms with van der Waals surface area (Å²) in [7, 11) is 1.66. The van der Waals surface area contributed by atoms with Gasteiger partial charge in [-0.3, -0.25) is 4.98 Å². The van der Waals surface area contributed by atoms with Crippen LogP contribution in [0.15, 0.2) is 12.1 Å². The van der Waals surface area contributed by atoms with Gasteiger partial charge < -0.3 is 19.7 Å². The first-order valence-corrected chi connectivity index (χ1v) is 12.0. The lowest BCUT2D eigenvalue weighted by Gasteiger charge is -2.35. The van der Waals surface area contributed by atoms with E-state index < -0.39 is 5.92 Å². The van der Waals surface area contributed by atoms with Crippen molar-refractivity contribution in [2.75, 3.05) is 45.2 Å². The SMILES string of the molecule is COc1cc2c(NCC3CC(F)(F)C3)c3c(nc2cc1OCCCN1CCCC1)CCC3. The Morgan fingerprint density at radius 3 is 2.69 bits per heavy atom. The van der Waals surface area contributed by atoms with Crippen LogP contribution in [0.4, 0.5) is 14.5 Å². The number of hydrogen-bond acceptors (Lipinski definition) is 5. The highest BCUT2D eigenvalue weighted by atomic mass is 19.3. The van der Waals surface area contributed by atoms with Gasteiger partial charge in [0.2, 0.25) is 5.92 Å². The Morgan fingerprint density at radius 2 is 1.94 bits per heavy atom. The summed E-state index contributed by atoms with van der Waals surface area (Å²) >= 11 is 0. The fourth-order valence-electron chi connectivity index (χ4n) is 5.40. The van der Waals surface area contributed by atoms with Crippen LogP contribution in [0.1, 0.15) is 49.8 Å². The maximum absolute atomic E-state index is 13.3. The number of rotatable bonds is 9. The maximum Gasteiger partial charge on any atom is 0.248 e. The zero-order valence-electron chi connectivity index (χ0n) is 18.9. The third-order valence-corrected chi connectivity index (χ3v) is 7.11. The summed E-state index contributed by atoms with van der Waals surface area (Å²) in [4.78, 5) is 7.41. The van der Waals surface area contributed by atoms with Gasteiger partial charge in [-0.1, -0.05) is 0 Å². The van der Waals surface area contributed by atoms with Crippen molar-refractivity contribution in [1.82, 2.24) is 9.88 Å². The number of benzene rings is 1. The van der Waals surface area contributed by atoms with E-state index in [9.17, 15) is 8.78 Å². The van der Waals surface area contributed by atoms with Gasteiger partial charge in [0.15, 0.2) is 11.5 Å². The lowest BCUT2D eigenvalue weighted by Crippen LogP contribution is -2.39. The molecule has 2 aromatic rings. The molecule has 1 aliphatic heterocycles. The summed E-state index contributed by atoms with van der Waals surface area (Å²) in [5.74, 6) is -1.06. The highest BCUT2D eigenvalue weighted by Gasteiger charge is 2.45. The number of aryl methyl sites for hydroxylation is 1. The Hall–Kier alpha value is -2.15. The van der Waals surface area contributed by atoms with Crippen molar-refractivity contribution in [3.63, 3.8) is 0 Å². The molecule has 7 heteroatoms. The maximum atomic E-state index is 13.3. The van der Waals surface area contributed by atoms with Gasteiger partial charge in [0.25, 0.3) is 0 Å². The molecule has 0 spiro atoms. The highest BCUT2D eigenvalue weighted by molar-refractivity contribution is 5.96. The predicted molar refractivity (Wildman–Crippen MR) is 122 cm³/mol. The number of nitrogens with one attached hydrogen (secondary N) is 1. The molecular formula is C25H33F2N3O2. The number of nitrogens with zero attached hydrogens (tertiary/aromatic N) is 2. The van der Waals surface area contributed by atoms with E-state index in [4.69, 9.17) is 14.5 Å². The molecule has 32 heavy (non-hydrogen) atoms. The molecule has 1 saturated heterocycles. The molecule has 5 rings (SSSR count). The van der Waals surface area contributed by atoms with Crippen LogP contribution in [0.5, 0.6) is 11.5 Å². The van der Waals surface area contributed by atoms with Crippen molar-refractivity contribution < 1.29 is 18.3 Å². The third-order valence-electron chi connectivity index (χ3n) is 7.11. The van der Waals surface area contributed by atoms with E-state index in [1.807, 2.05) is 12.1 Å². The quantitative estimate of drug-likeness (QED) is 0.547. The Balaban J connectivity index is 1.34. The topological polar surface area (TPSA) is 46.6 Å². The van der Waals surface area contributed by atoms with Crippen molar-refractivity contribution >= 4 is 16.6 Å². The van der Waals surface area contributed by atoms with E-state index in [1.165, 1.54) is 31.5 Å². The highest BCUT2D eigenvalue weighted by Crippen LogP contribution is 2.44. The Labute approximate surface area is 188 Å². The van der Waals surface area contributed by atoms with Crippen LogP contribution in [-0.4, -0.2) is 55.7 Å². The van der Waals surface area contributed by atoms with Crippen LogP contribution < -0.4 is 14.8 Å². The molecule has 1 aromatic heterocycles. The van der Waals surface area contributed by atoms with Crippen LogP contribution in [-0.2, 0) is 12.8 Å². The average Bonchev–Trinajstić information content (AvgIpc) is 3.44. The number of anilines is 1. The molecule has 2 fully saturated rings. The van der Waals surface area contributed by atoms with Crippen LogP contribution in [0, 0.1) is 5.92 Å². The smallest absolute Gasteiger partial charge is 0.248 e. The van der Waals surface area contributed by atoms with Gasteiger partial charge in [-0.25, -0.2) is 8.78 Å². The lowest BCUT2D eigenvalue weighted by molar-refractivity contribution is -0.106. The number of hydrogen-bond donors (Lipinski definition) is 1. The van der Waals surface area contributed by atoms with E-state index in [2.05, 4.69) is 10.2 Å². The number of fused-ring (bicyclic) bond motifs is 2. The van der Waals surface area contributed by atoms with Crippen molar-refractivity contribution in [3.05, 3.63) is 23.4 Å². The van der Waals surface area contributed by atoms with Gasteiger partial charge in [-0.15, -0.1) is 0 Å². The van der Waals surface area contributed by atoms with Crippen molar-refractivity contribution in [2.24, 2.45) is 5.92 Å². The molecule has 2 aliphatic carbocycles. The molecule has 0 radical (unpaired) electrons. The normalized spacial score (nSPS) is 20.3. The number of halogens is 2. The standard InChI is InChI=1S/C25H33F2N3O2/c1-31-22-12-19-21(13-23(22)32-11-5-10-30-8-2-3-9-30)29-20-7-4-6-18(20)24(19)28-16-17-14-25(26,27)15-17/h12-13,17H,2-11,14-16H2,1H3,(H,28,29). The summed E-state index contributed by atoms with van der Waals surface area (Å²) < 4.78 is 38.3. The van der Waals surface area contributed by atoms with E-state index in [1.54, 1.807) is 7.11 Å². The van der Waals surface area contributed by atoms with E-state index >= 15 is 0 Å². The molecule has 0 amide bonds. The number of ether oxygens (including phenoxy) is 2. The molecule has 3 aliphatic rings. The van der Waals surface area contributed by atoms with Gasteiger partial charge in [0.05, 0.1) is 19.2 Å². The minimum atomic E-state index is -2.49. The number of aromatic nitrogens is 1. The van der Waals surface area contributed by atoms with Crippen LogP contribution in [0.25, 0.3) is 10.9 Å². The molecule has 0 bridgehead atoms. The van der Waals surface area contributed by atoms with Crippen molar-refractivity contribution in [2.45, 2.75) is 57.3 Å². The predicted octanol–water partition coefficient (Wildman–Crippen LogP) is 5.05. The zero-order valence-corrected chi connectivity index (χ0v) is 18.9. The molecule has 0 unspecified atom stereocenters. The van der Waals surface area contributed by atoms with Crippen LogP contribution >= 0.6 is 0 Å². The molecule has 1 saturated carbocycles. The molecule has 2 heterocycles. The third kappa shape index (κ3) is 4.49. The number of likely N-dealkylation sites (tertiary alicyclic amines) is 1. The van der Waals surface area contributed by atoms with Crippen molar-refractivity contribution in [1.29, 1.82) is 0 Å². The fraction of sp³-hybridized carbons (Fsp3) is 0.640. The first-order chi connectivity index (χ1) is 15.5. The second-order valence-electron chi connectivity index (χ2n) is 9.55. The molecule has 174 valence electrons. The summed E-state index contributed by atoms with van der Waals surface area (Å²) in [5.41, 5.74) is 4.26. The molecule has 0 atom stereocenters. The number of methoxy groups -OCH3 is 1. The minimum Gasteiger partial charge on any atom is -0.493 e. The van der Waals surface area contributed by atoms with Gasteiger partial charge in [0.1, 0.15) is 0 Å². The monoisotopic (exact) mass is 445 g/mol. The lowest BCUT2D eigenvalue weighted by atomic mass is 9.81. The molecule has 5 nitrogen and oxygen atoms in total. The van der Waals surface area contributed by atoms with Gasteiger partial charge in [0, 0.05) is 48.8 Å². The Kier molecular flexibility index (Phi) is 6.10. The first-order valence-electron chi connectivity index (χ1n) is 12.0. The summed E-state index contributed by atoms with van der Waals surface area (Å²) in [6, 6.07) is 3.97. The number of alkyl halides is 2. The van der Waals surface area contributed by atoms with Gasteiger partial charge in [-0.05, 0) is 69.2 Å². The molecule has 1 aromatic carbocycles. The molecular weight excluding hydrogens is 412 g/mol.